The normalized spacial score (nSPS) is 15.1. The summed E-state index contributed by atoms with van der Waals surface area (Å²) >= 11 is 12.3. The third kappa shape index (κ3) is 4.79. The number of rotatable bonds is 6. The van der Waals surface area contributed by atoms with E-state index in [1.54, 1.807) is 12.1 Å². The molecule has 160 valence electrons. The van der Waals surface area contributed by atoms with Gasteiger partial charge in [0.1, 0.15) is 11.3 Å². The molecule has 2 aromatic rings. The Bertz CT molecular complexity index is 1090. The SMILES string of the molecule is COc1ccc(N2C(=O)NC(=O)/C(=C\c3cc(Cl)c(OCC(N)=O)c(Cl)c3)C2=O)cc1. The average Bonchev–Trinajstić information content (AvgIpc) is 2.70. The zero-order chi connectivity index (χ0) is 22.7. The van der Waals surface area contributed by atoms with Crippen molar-refractivity contribution in [2.24, 2.45) is 5.73 Å². The zero-order valence-corrected chi connectivity index (χ0v) is 17.5. The molecule has 1 fully saturated rings. The van der Waals surface area contributed by atoms with E-state index in [9.17, 15) is 19.2 Å². The maximum atomic E-state index is 12.9. The number of anilines is 1. The zero-order valence-electron chi connectivity index (χ0n) is 16.0. The van der Waals surface area contributed by atoms with E-state index in [1.165, 1.54) is 37.5 Å². The molecule has 1 aliphatic heterocycles. The highest BCUT2D eigenvalue weighted by Crippen LogP contribution is 2.35. The summed E-state index contributed by atoms with van der Waals surface area (Å²) in [6.45, 7) is -0.431. The second-order valence-electron chi connectivity index (χ2n) is 6.22. The predicted molar refractivity (Wildman–Crippen MR) is 113 cm³/mol. The monoisotopic (exact) mass is 463 g/mol. The van der Waals surface area contributed by atoms with Crippen LogP contribution < -0.4 is 25.4 Å². The summed E-state index contributed by atoms with van der Waals surface area (Å²) in [5.41, 5.74) is 5.26. The number of benzene rings is 2. The van der Waals surface area contributed by atoms with E-state index in [0.717, 1.165) is 4.90 Å². The molecule has 31 heavy (non-hydrogen) atoms. The number of halogens is 2. The fourth-order valence-corrected chi connectivity index (χ4v) is 3.35. The maximum Gasteiger partial charge on any atom is 0.335 e. The molecule has 2 aromatic carbocycles. The fraction of sp³-hybridized carbons (Fsp3) is 0.100. The Kier molecular flexibility index (Phi) is 6.47. The van der Waals surface area contributed by atoms with E-state index in [-0.39, 0.29) is 27.1 Å². The molecule has 1 aliphatic rings. The number of carbonyl (C=O) groups is 4. The van der Waals surface area contributed by atoms with Gasteiger partial charge < -0.3 is 15.2 Å². The summed E-state index contributed by atoms with van der Waals surface area (Å²) in [5.74, 6) is -1.87. The van der Waals surface area contributed by atoms with Crippen LogP contribution in [0.25, 0.3) is 6.08 Å². The minimum Gasteiger partial charge on any atom is -0.497 e. The van der Waals surface area contributed by atoms with Crippen molar-refractivity contribution < 1.29 is 28.7 Å². The van der Waals surface area contributed by atoms with Crippen molar-refractivity contribution >= 4 is 58.7 Å². The van der Waals surface area contributed by atoms with Gasteiger partial charge in [0, 0.05) is 0 Å². The number of carbonyl (C=O) groups excluding carboxylic acids is 4. The predicted octanol–water partition coefficient (Wildman–Crippen LogP) is 2.53. The molecule has 5 amide bonds. The largest absolute Gasteiger partial charge is 0.497 e. The van der Waals surface area contributed by atoms with Gasteiger partial charge in [0.05, 0.1) is 22.8 Å². The summed E-state index contributed by atoms with van der Waals surface area (Å²) in [5, 5.41) is 2.19. The van der Waals surface area contributed by atoms with Crippen molar-refractivity contribution in [2.75, 3.05) is 18.6 Å². The van der Waals surface area contributed by atoms with Crippen LogP contribution >= 0.6 is 23.2 Å². The molecule has 9 nitrogen and oxygen atoms in total. The van der Waals surface area contributed by atoms with Crippen LogP contribution in [0.3, 0.4) is 0 Å². The van der Waals surface area contributed by atoms with Crippen molar-refractivity contribution in [3.8, 4) is 11.5 Å². The molecule has 0 aliphatic carbocycles. The Balaban J connectivity index is 1.95. The Morgan fingerprint density at radius 3 is 2.29 bits per heavy atom. The number of ether oxygens (including phenoxy) is 2. The number of imide groups is 2. The first-order valence-electron chi connectivity index (χ1n) is 8.67. The number of hydrogen-bond acceptors (Lipinski definition) is 6. The maximum absolute atomic E-state index is 12.9. The smallest absolute Gasteiger partial charge is 0.335 e. The van der Waals surface area contributed by atoms with Crippen LogP contribution in [0.4, 0.5) is 10.5 Å². The van der Waals surface area contributed by atoms with Crippen molar-refractivity contribution in [3.05, 3.63) is 57.6 Å². The lowest BCUT2D eigenvalue weighted by Crippen LogP contribution is -2.54. The lowest BCUT2D eigenvalue weighted by Gasteiger charge is -2.26. The summed E-state index contributed by atoms with van der Waals surface area (Å²) in [4.78, 5) is 49.2. The topological polar surface area (TPSA) is 128 Å². The molecule has 1 heterocycles. The number of nitrogens with zero attached hydrogens (tertiary/aromatic N) is 1. The van der Waals surface area contributed by atoms with Gasteiger partial charge in [-0.2, -0.15) is 0 Å². The van der Waals surface area contributed by atoms with E-state index in [4.69, 9.17) is 38.4 Å². The van der Waals surface area contributed by atoms with Crippen LogP contribution in [0.5, 0.6) is 11.5 Å². The van der Waals surface area contributed by atoms with E-state index < -0.39 is 30.4 Å². The minimum absolute atomic E-state index is 0.0266. The number of hydrogen-bond donors (Lipinski definition) is 2. The van der Waals surface area contributed by atoms with Crippen molar-refractivity contribution in [1.82, 2.24) is 5.32 Å². The molecule has 0 atom stereocenters. The molecule has 0 radical (unpaired) electrons. The van der Waals surface area contributed by atoms with Gasteiger partial charge in [-0.1, -0.05) is 23.2 Å². The second-order valence-corrected chi connectivity index (χ2v) is 7.04. The number of urea groups is 1. The highest BCUT2D eigenvalue weighted by atomic mass is 35.5. The Morgan fingerprint density at radius 1 is 1.13 bits per heavy atom. The third-order valence-corrected chi connectivity index (χ3v) is 4.68. The Hall–Kier alpha value is -3.56. The van der Waals surface area contributed by atoms with Crippen LogP contribution in [0.1, 0.15) is 5.56 Å². The van der Waals surface area contributed by atoms with E-state index >= 15 is 0 Å². The lowest BCUT2D eigenvalue weighted by molar-refractivity contribution is -0.123. The molecule has 0 aromatic heterocycles. The highest BCUT2D eigenvalue weighted by molar-refractivity contribution is 6.40. The minimum atomic E-state index is -0.886. The van der Waals surface area contributed by atoms with Gasteiger partial charge in [-0.25, -0.2) is 9.69 Å². The lowest BCUT2D eigenvalue weighted by atomic mass is 10.1. The van der Waals surface area contributed by atoms with E-state index in [0.29, 0.717) is 11.3 Å². The van der Waals surface area contributed by atoms with Gasteiger partial charge in [-0.05, 0) is 48.0 Å². The van der Waals surface area contributed by atoms with E-state index in [1.807, 2.05) is 0 Å². The standard InChI is InChI=1S/C20H15Cl2N3O6/c1-30-12-4-2-11(3-5-12)25-19(28)13(18(27)24-20(25)29)6-10-7-14(21)17(15(22)8-10)31-9-16(23)26/h2-8H,9H2,1H3,(H2,23,26)(H,24,27,29)/b13-6+. The third-order valence-electron chi connectivity index (χ3n) is 4.12. The molecular weight excluding hydrogens is 449 g/mol. The van der Waals surface area contributed by atoms with Crippen molar-refractivity contribution in [3.63, 3.8) is 0 Å². The highest BCUT2D eigenvalue weighted by Gasteiger charge is 2.36. The van der Waals surface area contributed by atoms with Crippen molar-refractivity contribution in [1.29, 1.82) is 0 Å². The molecule has 0 spiro atoms. The number of methoxy groups -OCH3 is 1. The molecule has 11 heteroatoms. The van der Waals surface area contributed by atoms with Gasteiger partial charge in [0.25, 0.3) is 17.7 Å². The molecule has 1 saturated heterocycles. The van der Waals surface area contributed by atoms with Gasteiger partial charge >= 0.3 is 6.03 Å². The van der Waals surface area contributed by atoms with E-state index in [2.05, 4.69) is 5.32 Å². The number of barbiturate groups is 1. The second kappa shape index (κ2) is 9.07. The fourth-order valence-electron chi connectivity index (χ4n) is 2.73. The first-order valence-corrected chi connectivity index (χ1v) is 9.42. The van der Waals surface area contributed by atoms with Crippen LogP contribution in [0, 0.1) is 0 Å². The van der Waals surface area contributed by atoms with Gasteiger partial charge in [0.2, 0.25) is 0 Å². The summed E-state index contributed by atoms with van der Waals surface area (Å²) in [7, 11) is 1.48. The van der Waals surface area contributed by atoms with Gasteiger partial charge in [0.15, 0.2) is 12.4 Å². The number of amides is 5. The first kappa shape index (κ1) is 22.1. The molecule has 3 rings (SSSR count). The van der Waals surface area contributed by atoms with Crippen LogP contribution in [0.15, 0.2) is 42.0 Å². The number of nitrogens with two attached hydrogens (primary N) is 1. The number of primary amides is 1. The molecular formula is C20H15Cl2N3O6. The molecule has 0 unspecified atom stereocenters. The summed E-state index contributed by atoms with van der Waals surface area (Å²) in [6.07, 6.45) is 1.23. The van der Waals surface area contributed by atoms with Gasteiger partial charge in [-0.15, -0.1) is 0 Å². The Labute approximate surface area is 186 Å². The molecule has 3 N–H and O–H groups in total. The Morgan fingerprint density at radius 2 is 1.74 bits per heavy atom. The number of nitrogens with one attached hydrogen (secondary N) is 1. The van der Waals surface area contributed by atoms with Crippen LogP contribution in [0.2, 0.25) is 10.0 Å². The van der Waals surface area contributed by atoms with Crippen LogP contribution in [-0.4, -0.2) is 37.5 Å². The van der Waals surface area contributed by atoms with Gasteiger partial charge in [-0.3, -0.25) is 19.7 Å². The van der Waals surface area contributed by atoms with Crippen LogP contribution in [-0.2, 0) is 14.4 Å². The molecule has 0 saturated carbocycles. The quantitative estimate of drug-likeness (QED) is 0.500. The molecule has 0 bridgehead atoms. The van der Waals surface area contributed by atoms with Crippen molar-refractivity contribution in [2.45, 2.75) is 0 Å². The summed E-state index contributed by atoms with van der Waals surface area (Å²) < 4.78 is 10.2. The first-order chi connectivity index (χ1) is 14.7. The summed E-state index contributed by atoms with van der Waals surface area (Å²) in [6, 6.07) is 8.02. The average molecular weight is 464 g/mol.